The van der Waals surface area contributed by atoms with E-state index in [0.717, 1.165) is 26.1 Å². The SMILES string of the molecule is O=C(NCCCO)N[C@@H]1CC[C@@H]2CN(Cc3ccccc3)C[C@H]21. The molecule has 126 valence electrons. The summed E-state index contributed by atoms with van der Waals surface area (Å²) < 4.78 is 0. The number of carbonyl (C=O) groups is 1. The van der Waals surface area contributed by atoms with Crippen molar-refractivity contribution in [3.63, 3.8) is 0 Å². The molecule has 1 aromatic rings. The first-order valence-corrected chi connectivity index (χ1v) is 8.68. The minimum atomic E-state index is -0.0920. The van der Waals surface area contributed by atoms with Crippen LogP contribution in [0, 0.1) is 11.8 Å². The second-order valence-corrected chi connectivity index (χ2v) is 6.76. The molecule has 0 bridgehead atoms. The van der Waals surface area contributed by atoms with E-state index in [0.29, 0.717) is 24.8 Å². The molecule has 1 aliphatic heterocycles. The Morgan fingerprint density at radius 3 is 2.83 bits per heavy atom. The van der Waals surface area contributed by atoms with Crippen molar-refractivity contribution in [1.29, 1.82) is 0 Å². The van der Waals surface area contributed by atoms with E-state index in [9.17, 15) is 4.79 Å². The Bertz CT molecular complexity index is 508. The van der Waals surface area contributed by atoms with Crippen LogP contribution in [0.4, 0.5) is 4.79 Å². The van der Waals surface area contributed by atoms with Crippen molar-refractivity contribution in [2.24, 2.45) is 11.8 Å². The molecule has 2 fully saturated rings. The smallest absolute Gasteiger partial charge is 0.315 e. The molecular formula is C18H27N3O2. The summed E-state index contributed by atoms with van der Waals surface area (Å²) in [6.45, 7) is 3.86. The Kier molecular flexibility index (Phi) is 5.51. The molecule has 3 N–H and O–H groups in total. The molecule has 1 aliphatic carbocycles. The van der Waals surface area contributed by atoms with Crippen LogP contribution in [0.3, 0.4) is 0 Å². The van der Waals surface area contributed by atoms with Crippen LogP contribution in [0.15, 0.2) is 30.3 Å². The molecule has 1 saturated heterocycles. The van der Waals surface area contributed by atoms with Gasteiger partial charge in [-0.3, -0.25) is 4.90 Å². The summed E-state index contributed by atoms with van der Waals surface area (Å²) >= 11 is 0. The quantitative estimate of drug-likeness (QED) is 0.698. The zero-order valence-corrected chi connectivity index (χ0v) is 13.6. The molecule has 3 rings (SSSR count). The van der Waals surface area contributed by atoms with Gasteiger partial charge in [0.1, 0.15) is 0 Å². The fourth-order valence-electron chi connectivity index (χ4n) is 4.01. The molecule has 5 nitrogen and oxygen atoms in total. The highest BCUT2D eigenvalue weighted by Crippen LogP contribution is 2.38. The number of hydrogen-bond donors (Lipinski definition) is 3. The lowest BCUT2D eigenvalue weighted by Gasteiger charge is -2.22. The second kappa shape index (κ2) is 7.79. The van der Waals surface area contributed by atoms with E-state index >= 15 is 0 Å². The molecule has 0 unspecified atom stereocenters. The minimum absolute atomic E-state index is 0.0920. The number of fused-ring (bicyclic) bond motifs is 1. The third-order valence-corrected chi connectivity index (χ3v) is 5.12. The summed E-state index contributed by atoms with van der Waals surface area (Å²) in [6.07, 6.45) is 2.90. The number of urea groups is 1. The largest absolute Gasteiger partial charge is 0.396 e. The van der Waals surface area contributed by atoms with Gasteiger partial charge in [-0.25, -0.2) is 4.79 Å². The van der Waals surface area contributed by atoms with Crippen molar-refractivity contribution in [2.45, 2.75) is 31.8 Å². The van der Waals surface area contributed by atoms with E-state index in [2.05, 4.69) is 45.9 Å². The zero-order valence-electron chi connectivity index (χ0n) is 13.6. The van der Waals surface area contributed by atoms with Crippen molar-refractivity contribution in [3.8, 4) is 0 Å². The molecule has 1 saturated carbocycles. The molecule has 0 spiro atoms. The van der Waals surface area contributed by atoms with Gasteiger partial charge in [-0.05, 0) is 36.7 Å². The molecule has 5 heteroatoms. The van der Waals surface area contributed by atoms with Gasteiger partial charge in [0.2, 0.25) is 0 Å². The van der Waals surface area contributed by atoms with E-state index in [1.165, 1.54) is 12.0 Å². The first-order chi connectivity index (χ1) is 11.3. The number of aliphatic hydroxyl groups excluding tert-OH is 1. The van der Waals surface area contributed by atoms with E-state index in [1.54, 1.807) is 0 Å². The number of likely N-dealkylation sites (tertiary alicyclic amines) is 1. The number of rotatable bonds is 6. The molecule has 2 aliphatic rings. The summed E-state index contributed by atoms with van der Waals surface area (Å²) in [4.78, 5) is 14.4. The highest BCUT2D eigenvalue weighted by Gasteiger charge is 2.42. The van der Waals surface area contributed by atoms with Gasteiger partial charge in [0.05, 0.1) is 0 Å². The van der Waals surface area contributed by atoms with Crippen LogP contribution < -0.4 is 10.6 Å². The Balaban J connectivity index is 1.48. The topological polar surface area (TPSA) is 64.6 Å². The van der Waals surface area contributed by atoms with Gasteiger partial charge in [-0.2, -0.15) is 0 Å². The number of aliphatic hydroxyl groups is 1. The second-order valence-electron chi connectivity index (χ2n) is 6.76. The highest BCUT2D eigenvalue weighted by molar-refractivity contribution is 5.74. The number of benzene rings is 1. The monoisotopic (exact) mass is 317 g/mol. The zero-order chi connectivity index (χ0) is 16.1. The molecule has 1 aromatic carbocycles. The van der Waals surface area contributed by atoms with Gasteiger partial charge >= 0.3 is 6.03 Å². The van der Waals surface area contributed by atoms with Crippen LogP contribution in [0.5, 0.6) is 0 Å². The van der Waals surface area contributed by atoms with E-state index in [4.69, 9.17) is 5.11 Å². The molecule has 0 radical (unpaired) electrons. The van der Waals surface area contributed by atoms with Crippen LogP contribution in [0.1, 0.15) is 24.8 Å². The van der Waals surface area contributed by atoms with Crippen LogP contribution in [-0.4, -0.2) is 48.3 Å². The number of hydrogen-bond acceptors (Lipinski definition) is 3. The van der Waals surface area contributed by atoms with Gasteiger partial charge in [0.15, 0.2) is 0 Å². The van der Waals surface area contributed by atoms with Crippen LogP contribution in [-0.2, 0) is 6.54 Å². The summed E-state index contributed by atoms with van der Waals surface area (Å²) in [6, 6.07) is 10.8. The predicted octanol–water partition coefficient (Wildman–Crippen LogP) is 1.58. The molecule has 3 atom stereocenters. The lowest BCUT2D eigenvalue weighted by molar-refractivity contribution is 0.228. The normalized spacial score (nSPS) is 26.9. The average molecular weight is 317 g/mol. The fraction of sp³-hybridized carbons (Fsp3) is 0.611. The van der Waals surface area contributed by atoms with E-state index < -0.39 is 0 Å². The minimum Gasteiger partial charge on any atom is -0.396 e. The Hall–Kier alpha value is -1.59. The molecule has 2 amide bonds. The van der Waals surface area contributed by atoms with E-state index in [-0.39, 0.29) is 18.7 Å². The van der Waals surface area contributed by atoms with Gasteiger partial charge in [-0.15, -0.1) is 0 Å². The maximum Gasteiger partial charge on any atom is 0.315 e. The van der Waals surface area contributed by atoms with E-state index in [1.807, 2.05) is 0 Å². The lowest BCUT2D eigenvalue weighted by atomic mass is 9.98. The average Bonchev–Trinajstić information content (AvgIpc) is 3.10. The third-order valence-electron chi connectivity index (χ3n) is 5.12. The van der Waals surface area contributed by atoms with Crippen LogP contribution in [0.25, 0.3) is 0 Å². The Morgan fingerprint density at radius 2 is 2.04 bits per heavy atom. The molecule has 23 heavy (non-hydrogen) atoms. The van der Waals surface area contributed by atoms with Gasteiger partial charge in [-0.1, -0.05) is 30.3 Å². The first-order valence-electron chi connectivity index (χ1n) is 8.68. The van der Waals surface area contributed by atoms with Crippen molar-refractivity contribution in [2.75, 3.05) is 26.2 Å². The fourth-order valence-corrected chi connectivity index (χ4v) is 4.01. The summed E-state index contributed by atoms with van der Waals surface area (Å²) in [7, 11) is 0. The first kappa shape index (κ1) is 16.3. The number of nitrogens with one attached hydrogen (secondary N) is 2. The third kappa shape index (κ3) is 4.24. The van der Waals surface area contributed by atoms with Crippen LogP contribution >= 0.6 is 0 Å². The predicted molar refractivity (Wildman–Crippen MR) is 90.0 cm³/mol. The molecule has 1 heterocycles. The molecule has 0 aromatic heterocycles. The van der Waals surface area contributed by atoms with Crippen molar-refractivity contribution in [1.82, 2.24) is 15.5 Å². The van der Waals surface area contributed by atoms with Crippen molar-refractivity contribution in [3.05, 3.63) is 35.9 Å². The summed E-state index contributed by atoms with van der Waals surface area (Å²) in [5.41, 5.74) is 1.36. The number of carbonyl (C=O) groups excluding carboxylic acids is 1. The summed E-state index contributed by atoms with van der Waals surface area (Å²) in [5.74, 6) is 1.28. The number of nitrogens with zero attached hydrogens (tertiary/aromatic N) is 1. The van der Waals surface area contributed by atoms with Crippen LogP contribution in [0.2, 0.25) is 0 Å². The standard InChI is InChI=1S/C18H27N3O2/c22-10-4-9-19-18(23)20-17-8-7-15-12-21(13-16(15)17)11-14-5-2-1-3-6-14/h1-3,5-6,15-17,22H,4,7-13H2,(H2,19,20,23)/t15-,16-,17-/m1/s1. The maximum atomic E-state index is 11.9. The van der Waals surface area contributed by atoms with Crippen molar-refractivity contribution >= 4 is 6.03 Å². The Labute approximate surface area is 138 Å². The van der Waals surface area contributed by atoms with Gasteiger partial charge in [0, 0.05) is 38.8 Å². The van der Waals surface area contributed by atoms with Gasteiger partial charge in [0.25, 0.3) is 0 Å². The van der Waals surface area contributed by atoms with Gasteiger partial charge < -0.3 is 15.7 Å². The van der Waals surface area contributed by atoms with Crippen molar-refractivity contribution < 1.29 is 9.90 Å². The maximum absolute atomic E-state index is 11.9. The highest BCUT2D eigenvalue weighted by atomic mass is 16.3. The molecular weight excluding hydrogens is 290 g/mol. The Morgan fingerprint density at radius 1 is 1.22 bits per heavy atom. The lowest BCUT2D eigenvalue weighted by Crippen LogP contribution is -2.45. The number of amides is 2. The summed E-state index contributed by atoms with van der Waals surface area (Å²) in [5, 5.41) is 14.7.